The first kappa shape index (κ1) is 26.9. The summed E-state index contributed by atoms with van der Waals surface area (Å²) in [7, 11) is 0. The SMILES string of the molecule is CC(=O)Nc1ccc(-c2ccc([C@H](NC(=O)[C@H](CC(C)C)NCC#N)C(F)(F)F)cc2)c(C)c1. The van der Waals surface area contributed by atoms with Crippen LogP contribution < -0.4 is 16.0 Å². The third-order valence-corrected chi connectivity index (χ3v) is 5.17. The van der Waals surface area contributed by atoms with E-state index in [-0.39, 0.29) is 23.9 Å². The lowest BCUT2D eigenvalue weighted by atomic mass is 9.96. The smallest absolute Gasteiger partial charge is 0.339 e. The number of anilines is 1. The molecule has 2 aromatic carbocycles. The molecule has 0 bridgehead atoms. The van der Waals surface area contributed by atoms with Crippen molar-refractivity contribution in [2.75, 3.05) is 11.9 Å². The molecule has 0 radical (unpaired) electrons. The lowest BCUT2D eigenvalue weighted by Gasteiger charge is -2.26. The summed E-state index contributed by atoms with van der Waals surface area (Å²) in [6, 6.07) is 9.87. The third-order valence-electron chi connectivity index (χ3n) is 5.17. The second kappa shape index (κ2) is 11.7. The van der Waals surface area contributed by atoms with Gasteiger partial charge in [-0.3, -0.25) is 14.9 Å². The molecule has 2 amide bonds. The summed E-state index contributed by atoms with van der Waals surface area (Å²) in [5, 5.41) is 16.3. The van der Waals surface area contributed by atoms with E-state index in [0.717, 1.165) is 11.1 Å². The van der Waals surface area contributed by atoms with E-state index < -0.39 is 24.2 Å². The van der Waals surface area contributed by atoms with E-state index in [9.17, 15) is 22.8 Å². The first-order valence-corrected chi connectivity index (χ1v) is 10.9. The second-order valence-corrected chi connectivity index (χ2v) is 8.54. The van der Waals surface area contributed by atoms with Crippen molar-refractivity contribution in [3.05, 3.63) is 53.6 Å². The minimum atomic E-state index is -4.70. The van der Waals surface area contributed by atoms with E-state index in [1.54, 1.807) is 30.3 Å². The number of hydrogen-bond donors (Lipinski definition) is 3. The number of amides is 2. The number of alkyl halides is 3. The zero-order valence-electron chi connectivity index (χ0n) is 19.6. The van der Waals surface area contributed by atoms with Gasteiger partial charge in [0.25, 0.3) is 0 Å². The number of aryl methyl sites for hydroxylation is 1. The van der Waals surface area contributed by atoms with Gasteiger partial charge in [0, 0.05) is 12.6 Å². The van der Waals surface area contributed by atoms with Crippen molar-refractivity contribution >= 4 is 17.5 Å². The number of rotatable bonds is 9. The van der Waals surface area contributed by atoms with Crippen LogP contribution >= 0.6 is 0 Å². The topological polar surface area (TPSA) is 94.0 Å². The van der Waals surface area contributed by atoms with Crippen molar-refractivity contribution in [2.45, 2.75) is 52.4 Å². The third kappa shape index (κ3) is 7.59. The molecule has 0 saturated carbocycles. The summed E-state index contributed by atoms with van der Waals surface area (Å²) in [5.41, 5.74) is 2.90. The minimum absolute atomic E-state index is 0.0471. The van der Waals surface area contributed by atoms with Crippen LogP contribution in [0.25, 0.3) is 11.1 Å². The van der Waals surface area contributed by atoms with Gasteiger partial charge in [0.05, 0.1) is 18.7 Å². The molecule has 34 heavy (non-hydrogen) atoms. The van der Waals surface area contributed by atoms with Crippen LogP contribution in [0.15, 0.2) is 42.5 Å². The number of carbonyl (C=O) groups is 2. The summed E-state index contributed by atoms with van der Waals surface area (Å²) >= 11 is 0. The number of benzene rings is 2. The molecule has 3 N–H and O–H groups in total. The quantitative estimate of drug-likeness (QED) is 0.452. The van der Waals surface area contributed by atoms with Crippen LogP contribution in [0, 0.1) is 24.2 Å². The Morgan fingerprint density at radius 1 is 1.09 bits per heavy atom. The zero-order chi connectivity index (χ0) is 25.5. The van der Waals surface area contributed by atoms with Gasteiger partial charge in [0.2, 0.25) is 11.8 Å². The van der Waals surface area contributed by atoms with E-state index in [1.807, 2.05) is 26.8 Å². The van der Waals surface area contributed by atoms with Gasteiger partial charge >= 0.3 is 6.18 Å². The number of nitriles is 1. The predicted molar refractivity (Wildman–Crippen MR) is 125 cm³/mol. The second-order valence-electron chi connectivity index (χ2n) is 8.54. The Labute approximate surface area is 197 Å². The lowest BCUT2D eigenvalue weighted by molar-refractivity contribution is -0.164. The van der Waals surface area contributed by atoms with Gasteiger partial charge in [-0.25, -0.2) is 0 Å². The van der Waals surface area contributed by atoms with Gasteiger partial charge in [-0.2, -0.15) is 18.4 Å². The average Bonchev–Trinajstić information content (AvgIpc) is 2.73. The molecule has 0 heterocycles. The molecule has 0 saturated heterocycles. The summed E-state index contributed by atoms with van der Waals surface area (Å²) in [4.78, 5) is 23.9. The molecular formula is C25H29F3N4O2. The maximum absolute atomic E-state index is 13.9. The van der Waals surface area contributed by atoms with Crippen LogP contribution in [0.3, 0.4) is 0 Å². The van der Waals surface area contributed by atoms with Gasteiger partial charge in [0.1, 0.15) is 0 Å². The molecule has 0 unspecified atom stereocenters. The highest BCUT2D eigenvalue weighted by molar-refractivity contribution is 5.89. The van der Waals surface area contributed by atoms with E-state index in [2.05, 4.69) is 16.0 Å². The maximum Gasteiger partial charge on any atom is 0.412 e. The van der Waals surface area contributed by atoms with Gasteiger partial charge in [-0.15, -0.1) is 0 Å². The molecule has 2 rings (SSSR count). The number of halogens is 3. The van der Waals surface area contributed by atoms with Crippen molar-refractivity contribution in [3.63, 3.8) is 0 Å². The highest BCUT2D eigenvalue weighted by Crippen LogP contribution is 2.34. The van der Waals surface area contributed by atoms with Gasteiger partial charge in [0.15, 0.2) is 6.04 Å². The summed E-state index contributed by atoms with van der Waals surface area (Å²) in [6.07, 6.45) is -4.41. The van der Waals surface area contributed by atoms with Crippen molar-refractivity contribution in [2.24, 2.45) is 5.92 Å². The van der Waals surface area contributed by atoms with Crippen LogP contribution in [-0.4, -0.2) is 30.6 Å². The monoisotopic (exact) mass is 474 g/mol. The Balaban J connectivity index is 2.27. The van der Waals surface area contributed by atoms with Crippen molar-refractivity contribution in [1.82, 2.24) is 10.6 Å². The Bertz CT molecular complexity index is 1040. The molecule has 0 aliphatic heterocycles. The number of nitrogens with zero attached hydrogens (tertiary/aromatic N) is 1. The molecule has 2 aromatic rings. The molecule has 0 spiro atoms. The molecule has 2 atom stereocenters. The molecule has 0 aliphatic rings. The minimum Gasteiger partial charge on any atom is -0.339 e. The largest absolute Gasteiger partial charge is 0.412 e. The van der Waals surface area contributed by atoms with Crippen molar-refractivity contribution in [3.8, 4) is 17.2 Å². The van der Waals surface area contributed by atoms with Crippen LogP contribution in [0.4, 0.5) is 18.9 Å². The van der Waals surface area contributed by atoms with E-state index in [1.165, 1.54) is 19.1 Å². The Morgan fingerprint density at radius 3 is 2.24 bits per heavy atom. The summed E-state index contributed by atoms with van der Waals surface area (Å²) in [6.45, 7) is 6.80. The molecule has 0 aliphatic carbocycles. The van der Waals surface area contributed by atoms with E-state index in [4.69, 9.17) is 5.26 Å². The Hall–Kier alpha value is -3.38. The van der Waals surface area contributed by atoms with Gasteiger partial charge in [-0.1, -0.05) is 44.2 Å². The molecule has 182 valence electrons. The van der Waals surface area contributed by atoms with Gasteiger partial charge in [-0.05, 0) is 53.6 Å². The molecule has 0 aromatic heterocycles. The Morgan fingerprint density at radius 2 is 1.74 bits per heavy atom. The first-order valence-electron chi connectivity index (χ1n) is 10.9. The summed E-state index contributed by atoms with van der Waals surface area (Å²) in [5.74, 6) is -0.958. The van der Waals surface area contributed by atoms with Crippen LogP contribution in [0.2, 0.25) is 0 Å². The normalized spacial score (nSPS) is 13.1. The van der Waals surface area contributed by atoms with E-state index >= 15 is 0 Å². The maximum atomic E-state index is 13.9. The predicted octanol–water partition coefficient (Wildman–Crippen LogP) is 4.87. The van der Waals surface area contributed by atoms with E-state index in [0.29, 0.717) is 17.7 Å². The zero-order valence-corrected chi connectivity index (χ0v) is 19.6. The number of carbonyl (C=O) groups excluding carboxylic acids is 2. The fourth-order valence-electron chi connectivity index (χ4n) is 3.64. The fraction of sp³-hybridized carbons (Fsp3) is 0.400. The molecule has 6 nitrogen and oxygen atoms in total. The lowest BCUT2D eigenvalue weighted by Crippen LogP contribution is -2.49. The van der Waals surface area contributed by atoms with Gasteiger partial charge < -0.3 is 10.6 Å². The average molecular weight is 475 g/mol. The number of hydrogen-bond acceptors (Lipinski definition) is 4. The van der Waals surface area contributed by atoms with Crippen molar-refractivity contribution in [1.29, 1.82) is 5.26 Å². The molecule has 9 heteroatoms. The first-order chi connectivity index (χ1) is 15.9. The van der Waals surface area contributed by atoms with Crippen LogP contribution in [0.1, 0.15) is 44.4 Å². The fourth-order valence-corrected chi connectivity index (χ4v) is 3.64. The van der Waals surface area contributed by atoms with Crippen LogP contribution in [-0.2, 0) is 9.59 Å². The summed E-state index contributed by atoms with van der Waals surface area (Å²) < 4.78 is 41.6. The standard InChI is InChI=1S/C25H29F3N4O2/c1-15(2)13-22(30-12-11-29)24(34)32-23(25(26,27)28)19-7-5-18(6-8-19)21-10-9-20(14-16(21)3)31-17(4)33/h5-10,14-15,22-23,30H,12-13H2,1-4H3,(H,31,33)(H,32,34)/t22-,23-/m0/s1. The Kier molecular flexibility index (Phi) is 9.21. The van der Waals surface area contributed by atoms with Crippen LogP contribution in [0.5, 0.6) is 0 Å². The number of nitrogens with one attached hydrogen (secondary N) is 3. The molecular weight excluding hydrogens is 445 g/mol. The highest BCUT2D eigenvalue weighted by atomic mass is 19.4. The van der Waals surface area contributed by atoms with Crippen molar-refractivity contribution < 1.29 is 22.8 Å². The highest BCUT2D eigenvalue weighted by Gasteiger charge is 2.42. The molecule has 0 fully saturated rings.